The number of nitrogens with two attached hydrogens (primary N) is 1. The van der Waals surface area contributed by atoms with Gasteiger partial charge >= 0.3 is 0 Å². The van der Waals surface area contributed by atoms with Crippen LogP contribution in [0.1, 0.15) is 33.1 Å². The molecule has 2 fully saturated rings. The number of carbonyl (C=O) groups excluding carboxylic acids is 1. The third kappa shape index (κ3) is 2.05. The molecule has 1 heterocycles. The predicted octanol–water partition coefficient (Wildman–Crippen LogP) is 0.444. The van der Waals surface area contributed by atoms with Gasteiger partial charge in [0, 0.05) is 6.61 Å². The zero-order valence-corrected chi connectivity index (χ0v) is 10.9. The molecule has 6 nitrogen and oxygen atoms in total. The van der Waals surface area contributed by atoms with Crippen LogP contribution in [0.5, 0.6) is 0 Å². The first-order valence-corrected chi connectivity index (χ1v) is 6.30. The number of amides is 1. The SMILES string of the molecule is CC1CC(C(=O)NC2(C)CCOC2)(C(N)=NO)C1. The van der Waals surface area contributed by atoms with E-state index in [0.717, 1.165) is 6.42 Å². The highest BCUT2D eigenvalue weighted by Gasteiger charge is 2.53. The minimum atomic E-state index is -0.834. The van der Waals surface area contributed by atoms with Crippen LogP contribution in [0.3, 0.4) is 0 Å². The van der Waals surface area contributed by atoms with Crippen molar-refractivity contribution in [1.29, 1.82) is 0 Å². The largest absolute Gasteiger partial charge is 0.409 e. The number of oxime groups is 1. The Bertz CT molecular complexity index is 369. The van der Waals surface area contributed by atoms with E-state index in [1.165, 1.54) is 0 Å². The summed E-state index contributed by atoms with van der Waals surface area (Å²) in [6, 6.07) is 0. The van der Waals surface area contributed by atoms with Crippen molar-refractivity contribution in [2.24, 2.45) is 22.2 Å². The maximum absolute atomic E-state index is 12.4. The third-order valence-corrected chi connectivity index (χ3v) is 4.06. The standard InChI is InChI=1S/C12H21N3O3/c1-8-5-12(6-8,9(13)15-17)10(16)14-11(2)3-4-18-7-11/h8,17H,3-7H2,1-2H3,(H2,13,15)(H,14,16). The molecule has 18 heavy (non-hydrogen) atoms. The maximum Gasteiger partial charge on any atom is 0.234 e. The Morgan fingerprint density at radius 3 is 2.67 bits per heavy atom. The molecule has 2 rings (SSSR count). The van der Waals surface area contributed by atoms with Crippen molar-refractivity contribution < 1.29 is 14.7 Å². The predicted molar refractivity (Wildman–Crippen MR) is 66.2 cm³/mol. The lowest BCUT2D eigenvalue weighted by molar-refractivity contribution is -0.135. The minimum absolute atomic E-state index is 0.0145. The molecule has 6 heteroatoms. The van der Waals surface area contributed by atoms with Gasteiger partial charge < -0.3 is 21.0 Å². The Balaban J connectivity index is 2.10. The Kier molecular flexibility index (Phi) is 3.23. The van der Waals surface area contributed by atoms with Crippen molar-refractivity contribution in [1.82, 2.24) is 5.32 Å². The summed E-state index contributed by atoms with van der Waals surface area (Å²) in [5.74, 6) is 0.285. The van der Waals surface area contributed by atoms with Crippen LogP contribution >= 0.6 is 0 Å². The first kappa shape index (κ1) is 13.1. The highest BCUT2D eigenvalue weighted by molar-refractivity contribution is 6.07. The summed E-state index contributed by atoms with van der Waals surface area (Å²) in [5, 5.41) is 14.9. The highest BCUT2D eigenvalue weighted by atomic mass is 16.5. The van der Waals surface area contributed by atoms with Gasteiger partial charge in [-0.05, 0) is 32.1 Å². The lowest BCUT2D eigenvalue weighted by Gasteiger charge is -2.45. The monoisotopic (exact) mass is 255 g/mol. The summed E-state index contributed by atoms with van der Waals surface area (Å²) < 4.78 is 5.31. The zero-order valence-electron chi connectivity index (χ0n) is 10.9. The van der Waals surface area contributed by atoms with E-state index in [1.54, 1.807) is 0 Å². The van der Waals surface area contributed by atoms with E-state index in [-0.39, 0.29) is 17.3 Å². The molecule has 1 saturated carbocycles. The second kappa shape index (κ2) is 4.42. The molecule has 1 amide bonds. The van der Waals surface area contributed by atoms with Gasteiger partial charge in [-0.3, -0.25) is 4.79 Å². The van der Waals surface area contributed by atoms with E-state index in [9.17, 15) is 4.79 Å². The Morgan fingerprint density at radius 1 is 1.56 bits per heavy atom. The zero-order chi connectivity index (χ0) is 13.4. The summed E-state index contributed by atoms with van der Waals surface area (Å²) in [4.78, 5) is 12.4. The van der Waals surface area contributed by atoms with Gasteiger partial charge in [-0.25, -0.2) is 0 Å². The van der Waals surface area contributed by atoms with Gasteiger partial charge in [-0.2, -0.15) is 0 Å². The Hall–Kier alpha value is -1.30. The lowest BCUT2D eigenvalue weighted by atomic mass is 9.61. The topological polar surface area (TPSA) is 96.9 Å². The van der Waals surface area contributed by atoms with Crippen molar-refractivity contribution >= 4 is 11.7 Å². The van der Waals surface area contributed by atoms with Crippen molar-refractivity contribution in [3.05, 3.63) is 0 Å². The summed E-state index contributed by atoms with van der Waals surface area (Å²) in [6.45, 7) is 5.18. The number of rotatable bonds is 3. The normalized spacial score (nSPS) is 40.3. The van der Waals surface area contributed by atoms with Crippen LogP contribution in [0.2, 0.25) is 0 Å². The van der Waals surface area contributed by atoms with Gasteiger partial charge in [0.05, 0.1) is 12.1 Å². The smallest absolute Gasteiger partial charge is 0.234 e. The van der Waals surface area contributed by atoms with Gasteiger partial charge in [0.25, 0.3) is 0 Å². The molecule has 102 valence electrons. The maximum atomic E-state index is 12.4. The van der Waals surface area contributed by atoms with E-state index in [0.29, 0.717) is 32.0 Å². The number of hydrogen-bond acceptors (Lipinski definition) is 4. The second-order valence-corrected chi connectivity index (χ2v) is 5.90. The molecule has 1 unspecified atom stereocenters. The Labute approximate surface area is 107 Å². The van der Waals surface area contributed by atoms with E-state index >= 15 is 0 Å². The molecule has 1 saturated heterocycles. The third-order valence-electron chi connectivity index (χ3n) is 4.06. The molecule has 0 aromatic heterocycles. The molecular formula is C12H21N3O3. The lowest BCUT2D eigenvalue weighted by Crippen LogP contribution is -2.61. The highest BCUT2D eigenvalue weighted by Crippen LogP contribution is 2.46. The van der Waals surface area contributed by atoms with Crippen LogP contribution in [0, 0.1) is 11.3 Å². The van der Waals surface area contributed by atoms with Gasteiger partial charge in [0.1, 0.15) is 5.41 Å². The van der Waals surface area contributed by atoms with Crippen LogP contribution in [0.15, 0.2) is 5.16 Å². The van der Waals surface area contributed by atoms with E-state index in [1.807, 2.05) is 6.92 Å². The number of ether oxygens (including phenoxy) is 1. The first-order valence-electron chi connectivity index (χ1n) is 6.30. The van der Waals surface area contributed by atoms with Gasteiger partial charge in [-0.1, -0.05) is 12.1 Å². The van der Waals surface area contributed by atoms with E-state index in [2.05, 4.69) is 17.4 Å². The van der Waals surface area contributed by atoms with Crippen LogP contribution in [0.25, 0.3) is 0 Å². The number of nitrogens with zero attached hydrogens (tertiary/aromatic N) is 1. The van der Waals surface area contributed by atoms with Crippen molar-refractivity contribution in [3.63, 3.8) is 0 Å². The van der Waals surface area contributed by atoms with Gasteiger partial charge in [0.15, 0.2) is 5.84 Å². The fraction of sp³-hybridized carbons (Fsp3) is 0.833. The van der Waals surface area contributed by atoms with E-state index in [4.69, 9.17) is 15.7 Å². The average molecular weight is 255 g/mol. The van der Waals surface area contributed by atoms with Crippen molar-refractivity contribution in [2.45, 2.75) is 38.6 Å². The van der Waals surface area contributed by atoms with Gasteiger partial charge in [0.2, 0.25) is 5.91 Å². The van der Waals surface area contributed by atoms with Crippen LogP contribution in [0.4, 0.5) is 0 Å². The molecule has 0 bridgehead atoms. The molecule has 2 aliphatic rings. The van der Waals surface area contributed by atoms with E-state index < -0.39 is 5.41 Å². The van der Waals surface area contributed by atoms with Crippen molar-refractivity contribution in [2.75, 3.05) is 13.2 Å². The molecule has 1 atom stereocenters. The fourth-order valence-corrected chi connectivity index (χ4v) is 2.90. The molecule has 0 radical (unpaired) electrons. The summed E-state index contributed by atoms with van der Waals surface area (Å²) in [7, 11) is 0. The van der Waals surface area contributed by atoms with Crippen molar-refractivity contribution in [3.8, 4) is 0 Å². The fourth-order valence-electron chi connectivity index (χ4n) is 2.90. The number of nitrogens with one attached hydrogen (secondary N) is 1. The molecule has 4 N–H and O–H groups in total. The van der Waals surface area contributed by atoms with Crippen LogP contribution in [-0.4, -0.2) is 35.7 Å². The van der Waals surface area contributed by atoms with Crippen LogP contribution < -0.4 is 11.1 Å². The number of amidine groups is 1. The Morgan fingerprint density at radius 2 is 2.22 bits per heavy atom. The summed E-state index contributed by atoms with van der Waals surface area (Å²) in [6.07, 6.45) is 2.05. The minimum Gasteiger partial charge on any atom is -0.409 e. The second-order valence-electron chi connectivity index (χ2n) is 5.90. The number of hydrogen-bond donors (Lipinski definition) is 3. The van der Waals surface area contributed by atoms with Gasteiger partial charge in [-0.15, -0.1) is 0 Å². The molecule has 0 aromatic rings. The molecule has 0 aromatic carbocycles. The number of carbonyl (C=O) groups is 1. The molecule has 0 spiro atoms. The first-order chi connectivity index (χ1) is 8.42. The quantitative estimate of drug-likeness (QED) is 0.295. The summed E-state index contributed by atoms with van der Waals surface area (Å²) >= 11 is 0. The molecule has 1 aliphatic heterocycles. The molecular weight excluding hydrogens is 234 g/mol. The average Bonchev–Trinajstić information content (AvgIpc) is 2.69. The van der Waals surface area contributed by atoms with Crippen LogP contribution in [-0.2, 0) is 9.53 Å². The summed E-state index contributed by atoms with van der Waals surface area (Å²) in [5.41, 5.74) is 4.53. The molecule has 1 aliphatic carbocycles.